The van der Waals surface area contributed by atoms with Gasteiger partial charge in [0.1, 0.15) is 29.1 Å². The molecule has 8 heteroatoms. The summed E-state index contributed by atoms with van der Waals surface area (Å²) in [5.41, 5.74) is 2.54. The maximum absolute atomic E-state index is 12.7. The topological polar surface area (TPSA) is 81.2 Å². The lowest BCUT2D eigenvalue weighted by atomic mass is 10.2. The summed E-state index contributed by atoms with van der Waals surface area (Å²) in [6.07, 6.45) is 3.52. The molecule has 8 nitrogen and oxygen atoms in total. The average Bonchev–Trinajstić information content (AvgIpc) is 3.50. The van der Waals surface area contributed by atoms with Gasteiger partial charge in [-0.1, -0.05) is 6.07 Å². The van der Waals surface area contributed by atoms with Gasteiger partial charge in [0.05, 0.1) is 38.6 Å². The Kier molecular flexibility index (Phi) is 5.51. The molecule has 4 aromatic rings. The van der Waals surface area contributed by atoms with E-state index in [1.807, 2.05) is 64.0 Å². The molecule has 1 fully saturated rings. The summed E-state index contributed by atoms with van der Waals surface area (Å²) >= 11 is 0. The van der Waals surface area contributed by atoms with E-state index in [9.17, 15) is 4.79 Å². The number of carbonyl (C=O) groups is 1. The van der Waals surface area contributed by atoms with Gasteiger partial charge >= 0.3 is 0 Å². The summed E-state index contributed by atoms with van der Waals surface area (Å²) in [6, 6.07) is 17.2. The first-order valence-corrected chi connectivity index (χ1v) is 10.5. The number of hydrogen-bond acceptors (Lipinski definition) is 6. The van der Waals surface area contributed by atoms with Crippen molar-refractivity contribution in [1.29, 1.82) is 0 Å². The number of anilines is 2. The zero-order valence-electron chi connectivity index (χ0n) is 17.7. The number of nitrogens with one attached hydrogen (secondary N) is 1. The number of furan rings is 1. The first-order valence-electron chi connectivity index (χ1n) is 10.5. The van der Waals surface area contributed by atoms with E-state index in [2.05, 4.69) is 5.32 Å². The third-order valence-corrected chi connectivity index (χ3v) is 5.53. The monoisotopic (exact) mass is 432 g/mol. The van der Waals surface area contributed by atoms with Gasteiger partial charge in [-0.25, -0.2) is 4.98 Å². The van der Waals surface area contributed by atoms with Crippen molar-refractivity contribution in [2.24, 2.45) is 0 Å². The van der Waals surface area contributed by atoms with Gasteiger partial charge in [0.15, 0.2) is 0 Å². The van der Waals surface area contributed by atoms with Crippen LogP contribution in [0.5, 0.6) is 5.75 Å². The highest BCUT2D eigenvalue weighted by Gasteiger charge is 2.27. The van der Waals surface area contributed by atoms with E-state index in [4.69, 9.17) is 18.9 Å². The van der Waals surface area contributed by atoms with E-state index in [1.54, 1.807) is 19.4 Å². The van der Waals surface area contributed by atoms with Gasteiger partial charge in [-0.3, -0.25) is 9.20 Å². The van der Waals surface area contributed by atoms with E-state index < -0.39 is 0 Å². The molecule has 4 heterocycles. The van der Waals surface area contributed by atoms with E-state index in [0.717, 1.165) is 28.6 Å². The number of nitrogens with zero attached hydrogens (tertiary/aromatic N) is 3. The summed E-state index contributed by atoms with van der Waals surface area (Å²) < 4.78 is 18.5. The quantitative estimate of drug-likeness (QED) is 0.499. The van der Waals surface area contributed by atoms with Gasteiger partial charge in [0.25, 0.3) is 0 Å². The lowest BCUT2D eigenvalue weighted by molar-refractivity contribution is -0.138. The van der Waals surface area contributed by atoms with Crippen LogP contribution in [0.4, 0.5) is 11.5 Å². The molecule has 1 aromatic carbocycles. The van der Waals surface area contributed by atoms with Crippen molar-refractivity contribution < 1.29 is 18.7 Å². The lowest BCUT2D eigenvalue weighted by Gasteiger charge is -2.32. The molecule has 0 spiro atoms. The largest absolute Gasteiger partial charge is 0.497 e. The van der Waals surface area contributed by atoms with Gasteiger partial charge < -0.3 is 24.1 Å². The molecule has 0 aliphatic carbocycles. The van der Waals surface area contributed by atoms with E-state index in [0.29, 0.717) is 25.5 Å². The number of morpholine rings is 1. The number of methoxy groups -OCH3 is 1. The minimum atomic E-state index is -0.280. The number of imidazole rings is 1. The second kappa shape index (κ2) is 8.76. The normalized spacial score (nSPS) is 16.3. The maximum atomic E-state index is 12.7. The number of benzene rings is 1. The highest BCUT2D eigenvalue weighted by molar-refractivity contribution is 5.78. The zero-order valence-corrected chi connectivity index (χ0v) is 17.7. The van der Waals surface area contributed by atoms with E-state index >= 15 is 0 Å². The lowest BCUT2D eigenvalue weighted by Crippen LogP contribution is -2.43. The van der Waals surface area contributed by atoms with Crippen LogP contribution >= 0.6 is 0 Å². The number of ether oxygens (including phenoxy) is 2. The number of pyridine rings is 1. The van der Waals surface area contributed by atoms with Gasteiger partial charge in [-0.2, -0.15) is 0 Å². The number of carbonyl (C=O) groups excluding carboxylic acids is 1. The molecule has 1 N–H and O–H groups in total. The van der Waals surface area contributed by atoms with Gasteiger partial charge in [-0.05, 0) is 48.5 Å². The highest BCUT2D eigenvalue weighted by Crippen LogP contribution is 2.26. The van der Waals surface area contributed by atoms with Crippen molar-refractivity contribution in [2.45, 2.75) is 12.5 Å². The Morgan fingerprint density at radius 3 is 2.84 bits per heavy atom. The molecule has 1 atom stereocenters. The molecular weight excluding hydrogens is 408 g/mol. The third kappa shape index (κ3) is 4.17. The second-order valence-corrected chi connectivity index (χ2v) is 7.61. The van der Waals surface area contributed by atoms with Crippen molar-refractivity contribution in [3.05, 3.63) is 78.5 Å². The first-order chi connectivity index (χ1) is 15.7. The van der Waals surface area contributed by atoms with E-state index in [-0.39, 0.29) is 18.4 Å². The Hall–Kier alpha value is -3.78. The maximum Gasteiger partial charge on any atom is 0.230 e. The number of aromatic nitrogens is 2. The van der Waals surface area contributed by atoms with Gasteiger partial charge in [0.2, 0.25) is 5.91 Å². The van der Waals surface area contributed by atoms with Crippen LogP contribution in [0.2, 0.25) is 0 Å². The summed E-state index contributed by atoms with van der Waals surface area (Å²) in [4.78, 5) is 19.3. The molecular formula is C24H24N4O4. The molecule has 5 rings (SSSR count). The smallest absolute Gasteiger partial charge is 0.230 e. The minimum Gasteiger partial charge on any atom is -0.497 e. The Bertz CT molecular complexity index is 1200. The van der Waals surface area contributed by atoms with Crippen LogP contribution in [0.25, 0.3) is 5.65 Å². The Labute approximate surface area is 185 Å². The molecule has 0 radical (unpaired) electrons. The third-order valence-electron chi connectivity index (χ3n) is 5.53. The fourth-order valence-electron chi connectivity index (χ4n) is 3.84. The fraction of sp³-hybridized carbons (Fsp3) is 0.250. The van der Waals surface area contributed by atoms with Crippen LogP contribution < -0.4 is 10.1 Å². The van der Waals surface area contributed by atoms with Crippen LogP contribution in [0.3, 0.4) is 0 Å². The summed E-state index contributed by atoms with van der Waals surface area (Å²) in [5.74, 6) is 2.38. The molecule has 0 unspecified atom stereocenters. The Morgan fingerprint density at radius 1 is 1.19 bits per heavy atom. The first kappa shape index (κ1) is 20.1. The molecule has 1 amide bonds. The molecule has 3 aromatic heterocycles. The van der Waals surface area contributed by atoms with Crippen LogP contribution in [0, 0.1) is 0 Å². The second-order valence-electron chi connectivity index (χ2n) is 7.61. The predicted molar refractivity (Wildman–Crippen MR) is 119 cm³/mol. The molecule has 1 aliphatic heterocycles. The van der Waals surface area contributed by atoms with Crippen LogP contribution in [-0.4, -0.2) is 47.0 Å². The fourth-order valence-corrected chi connectivity index (χ4v) is 3.84. The van der Waals surface area contributed by atoms with Crippen LogP contribution in [0.15, 0.2) is 71.5 Å². The van der Waals surface area contributed by atoms with Crippen molar-refractivity contribution in [3.8, 4) is 5.75 Å². The van der Waals surface area contributed by atoms with Crippen LogP contribution in [-0.2, 0) is 16.0 Å². The molecule has 1 aliphatic rings. The highest BCUT2D eigenvalue weighted by atomic mass is 16.5. The molecule has 32 heavy (non-hydrogen) atoms. The number of hydrogen-bond donors (Lipinski definition) is 1. The standard InChI is InChI=1S/C24H24N4O4/c1-30-18-9-7-17(8-10-18)25-22-5-2-6-23-26-20(15-28(22)23)21-16-27(11-13-32-21)24(29)14-19-4-3-12-31-19/h2-10,12,15,21,25H,11,13-14,16H2,1H3/t21-/m0/s1. The number of amides is 1. The summed E-state index contributed by atoms with van der Waals surface area (Å²) in [7, 11) is 1.65. The van der Waals surface area contributed by atoms with Crippen molar-refractivity contribution in [1.82, 2.24) is 14.3 Å². The van der Waals surface area contributed by atoms with E-state index in [1.165, 1.54) is 0 Å². The zero-order chi connectivity index (χ0) is 21.9. The average molecular weight is 432 g/mol. The molecule has 1 saturated heterocycles. The molecule has 0 bridgehead atoms. The Morgan fingerprint density at radius 2 is 2.06 bits per heavy atom. The Balaban J connectivity index is 1.34. The van der Waals surface area contributed by atoms with Gasteiger partial charge in [0, 0.05) is 18.4 Å². The van der Waals surface area contributed by atoms with Crippen molar-refractivity contribution in [2.75, 3.05) is 32.1 Å². The summed E-state index contributed by atoms with van der Waals surface area (Å²) in [5, 5.41) is 3.42. The number of fused-ring (bicyclic) bond motifs is 1. The van der Waals surface area contributed by atoms with Gasteiger partial charge in [-0.15, -0.1) is 0 Å². The SMILES string of the molecule is COc1ccc(Nc2cccc3nc([C@@H]4CN(C(=O)Cc5ccco5)CCO4)cn23)cc1. The van der Waals surface area contributed by atoms with Crippen molar-refractivity contribution >= 4 is 23.1 Å². The predicted octanol–water partition coefficient (Wildman–Crippen LogP) is 3.82. The summed E-state index contributed by atoms with van der Waals surface area (Å²) in [6.45, 7) is 1.50. The van der Waals surface area contributed by atoms with Crippen molar-refractivity contribution in [3.63, 3.8) is 0 Å². The number of rotatable bonds is 6. The molecule has 164 valence electrons. The minimum absolute atomic E-state index is 0.0267. The molecule has 0 saturated carbocycles. The van der Waals surface area contributed by atoms with Crippen LogP contribution in [0.1, 0.15) is 17.6 Å².